The number of Topliss-reactive ketones (excluding diaryl/α,β-unsaturated/α-hetero) is 1. The molecular formula is C19H32N2O4. The average molecular weight is 352 g/mol. The highest BCUT2D eigenvalue weighted by Crippen LogP contribution is 2.28. The van der Waals surface area contributed by atoms with E-state index in [9.17, 15) is 9.90 Å². The van der Waals surface area contributed by atoms with E-state index in [0.29, 0.717) is 23.6 Å². The van der Waals surface area contributed by atoms with E-state index in [-0.39, 0.29) is 12.4 Å². The molecule has 1 unspecified atom stereocenters. The number of ketones is 1. The van der Waals surface area contributed by atoms with Crippen molar-refractivity contribution in [3.63, 3.8) is 0 Å². The van der Waals surface area contributed by atoms with Gasteiger partial charge in [0, 0.05) is 12.1 Å². The Morgan fingerprint density at radius 1 is 1.28 bits per heavy atom. The second-order valence-corrected chi connectivity index (χ2v) is 5.97. The maximum atomic E-state index is 11.4. The number of aliphatic hydroxyl groups excluding tert-OH is 1. The van der Waals surface area contributed by atoms with Crippen molar-refractivity contribution in [3.8, 4) is 11.5 Å². The van der Waals surface area contributed by atoms with Crippen LogP contribution in [0.1, 0.15) is 37.6 Å². The number of benzene rings is 1. The third-order valence-electron chi connectivity index (χ3n) is 4.10. The van der Waals surface area contributed by atoms with Crippen LogP contribution >= 0.6 is 0 Å². The van der Waals surface area contributed by atoms with Crippen LogP contribution < -0.4 is 14.8 Å². The third-order valence-corrected chi connectivity index (χ3v) is 4.10. The van der Waals surface area contributed by atoms with Gasteiger partial charge in [-0.1, -0.05) is 13.8 Å². The molecule has 0 saturated heterocycles. The van der Waals surface area contributed by atoms with E-state index in [1.54, 1.807) is 18.2 Å². The van der Waals surface area contributed by atoms with Gasteiger partial charge < -0.3 is 24.8 Å². The highest BCUT2D eigenvalue weighted by atomic mass is 16.5. The molecule has 6 heteroatoms. The van der Waals surface area contributed by atoms with Crippen LogP contribution in [0.5, 0.6) is 11.5 Å². The Labute approximate surface area is 151 Å². The molecule has 142 valence electrons. The van der Waals surface area contributed by atoms with Crippen molar-refractivity contribution in [2.45, 2.75) is 33.3 Å². The number of aliphatic hydroxyl groups is 1. The lowest BCUT2D eigenvalue weighted by Crippen LogP contribution is -2.33. The molecule has 1 atom stereocenters. The molecule has 0 fully saturated rings. The minimum Gasteiger partial charge on any atom is -0.493 e. The molecule has 0 heterocycles. The fourth-order valence-electron chi connectivity index (χ4n) is 2.49. The van der Waals surface area contributed by atoms with Crippen molar-refractivity contribution < 1.29 is 19.4 Å². The number of carbonyl (C=O) groups is 1. The average Bonchev–Trinajstić information content (AvgIpc) is 2.62. The summed E-state index contributed by atoms with van der Waals surface area (Å²) in [5.74, 6) is 0.985. The molecule has 0 saturated carbocycles. The number of hydrogen-bond acceptors (Lipinski definition) is 6. The zero-order valence-electron chi connectivity index (χ0n) is 15.9. The van der Waals surface area contributed by atoms with E-state index in [1.807, 2.05) is 0 Å². The van der Waals surface area contributed by atoms with Crippen LogP contribution in [0.3, 0.4) is 0 Å². The van der Waals surface area contributed by atoms with E-state index in [0.717, 1.165) is 32.6 Å². The fourth-order valence-corrected chi connectivity index (χ4v) is 2.49. The van der Waals surface area contributed by atoms with E-state index in [2.05, 4.69) is 24.1 Å². The predicted molar refractivity (Wildman–Crippen MR) is 99.8 cm³/mol. The summed E-state index contributed by atoms with van der Waals surface area (Å²) in [6, 6.07) is 5.04. The molecular weight excluding hydrogens is 320 g/mol. The first-order valence-electron chi connectivity index (χ1n) is 8.94. The van der Waals surface area contributed by atoms with Gasteiger partial charge in [-0.25, -0.2) is 0 Å². The summed E-state index contributed by atoms with van der Waals surface area (Å²) in [6.45, 7) is 10.5. The SMILES string of the molecule is CCN(CC)CCCNCC(O)COc1ccc(C(C)=O)cc1OC. The fraction of sp³-hybridized carbons (Fsp3) is 0.632. The normalized spacial score (nSPS) is 12.2. The monoisotopic (exact) mass is 352 g/mol. The number of ether oxygens (including phenoxy) is 2. The Hall–Kier alpha value is -1.63. The molecule has 0 aliphatic carbocycles. The van der Waals surface area contributed by atoms with Crippen molar-refractivity contribution in [2.24, 2.45) is 0 Å². The number of carbonyl (C=O) groups excluding carboxylic acids is 1. The van der Waals surface area contributed by atoms with Crippen LogP contribution in [0.2, 0.25) is 0 Å². The molecule has 1 rings (SSSR count). The molecule has 25 heavy (non-hydrogen) atoms. The first kappa shape index (κ1) is 21.4. The smallest absolute Gasteiger partial charge is 0.161 e. The first-order valence-corrected chi connectivity index (χ1v) is 8.94. The molecule has 1 aromatic rings. The molecule has 2 N–H and O–H groups in total. The maximum Gasteiger partial charge on any atom is 0.161 e. The van der Waals surface area contributed by atoms with Gasteiger partial charge in [-0.2, -0.15) is 0 Å². The van der Waals surface area contributed by atoms with Gasteiger partial charge in [0.2, 0.25) is 0 Å². The van der Waals surface area contributed by atoms with Crippen LogP contribution in [0.25, 0.3) is 0 Å². The van der Waals surface area contributed by atoms with Gasteiger partial charge in [0.25, 0.3) is 0 Å². The molecule has 0 amide bonds. The molecule has 0 aliphatic heterocycles. The molecule has 0 radical (unpaired) electrons. The van der Waals surface area contributed by atoms with Crippen LogP contribution in [-0.2, 0) is 0 Å². The van der Waals surface area contributed by atoms with E-state index >= 15 is 0 Å². The van der Waals surface area contributed by atoms with Crippen LogP contribution in [0.15, 0.2) is 18.2 Å². The van der Waals surface area contributed by atoms with E-state index in [1.165, 1.54) is 14.0 Å². The van der Waals surface area contributed by atoms with Crippen molar-refractivity contribution in [2.75, 3.05) is 46.4 Å². The van der Waals surface area contributed by atoms with Gasteiger partial charge in [0.15, 0.2) is 17.3 Å². The highest BCUT2D eigenvalue weighted by molar-refractivity contribution is 5.94. The van der Waals surface area contributed by atoms with Gasteiger partial charge in [-0.15, -0.1) is 0 Å². The topological polar surface area (TPSA) is 71.0 Å². The number of nitrogens with zero attached hydrogens (tertiary/aromatic N) is 1. The second kappa shape index (κ2) is 11.8. The van der Waals surface area contributed by atoms with Gasteiger partial charge in [0.05, 0.1) is 7.11 Å². The highest BCUT2D eigenvalue weighted by Gasteiger charge is 2.11. The van der Waals surface area contributed by atoms with Crippen LogP contribution in [-0.4, -0.2) is 68.3 Å². The molecule has 0 bridgehead atoms. The van der Waals surface area contributed by atoms with E-state index < -0.39 is 6.10 Å². The number of rotatable bonds is 13. The lowest BCUT2D eigenvalue weighted by molar-refractivity contribution is 0.101. The molecule has 0 aliphatic rings. The minimum absolute atomic E-state index is 0.0289. The second-order valence-electron chi connectivity index (χ2n) is 5.97. The van der Waals surface area contributed by atoms with E-state index in [4.69, 9.17) is 9.47 Å². The molecule has 6 nitrogen and oxygen atoms in total. The lowest BCUT2D eigenvalue weighted by atomic mass is 10.1. The van der Waals surface area contributed by atoms with Crippen LogP contribution in [0.4, 0.5) is 0 Å². The molecule has 0 spiro atoms. The number of nitrogens with one attached hydrogen (secondary N) is 1. The van der Waals surface area contributed by atoms with Gasteiger partial charge >= 0.3 is 0 Å². The summed E-state index contributed by atoms with van der Waals surface area (Å²) < 4.78 is 10.9. The zero-order valence-corrected chi connectivity index (χ0v) is 15.9. The van der Waals surface area contributed by atoms with Crippen molar-refractivity contribution in [3.05, 3.63) is 23.8 Å². The van der Waals surface area contributed by atoms with Crippen molar-refractivity contribution in [1.29, 1.82) is 0 Å². The lowest BCUT2D eigenvalue weighted by Gasteiger charge is -2.18. The van der Waals surface area contributed by atoms with Gasteiger partial charge in [-0.05, 0) is 57.7 Å². The Kier molecular flexibility index (Phi) is 10.1. The summed E-state index contributed by atoms with van der Waals surface area (Å²) in [5.41, 5.74) is 0.569. The standard InChI is InChI=1S/C19H32N2O4/c1-5-21(6-2)11-7-10-20-13-17(23)14-25-18-9-8-16(15(3)22)12-19(18)24-4/h8-9,12,17,20,23H,5-7,10-11,13-14H2,1-4H3. The van der Waals surface area contributed by atoms with Gasteiger partial charge in [-0.3, -0.25) is 4.79 Å². The van der Waals surface area contributed by atoms with Crippen molar-refractivity contribution in [1.82, 2.24) is 10.2 Å². The zero-order chi connectivity index (χ0) is 18.7. The summed E-state index contributed by atoms with van der Waals surface area (Å²) in [5, 5.41) is 13.3. The predicted octanol–water partition coefficient (Wildman–Crippen LogP) is 1.96. The molecule has 0 aromatic heterocycles. The summed E-state index contributed by atoms with van der Waals surface area (Å²) in [6.07, 6.45) is 0.445. The summed E-state index contributed by atoms with van der Waals surface area (Å²) >= 11 is 0. The van der Waals surface area contributed by atoms with Crippen molar-refractivity contribution >= 4 is 5.78 Å². The minimum atomic E-state index is -0.606. The Morgan fingerprint density at radius 2 is 2.00 bits per heavy atom. The maximum absolute atomic E-state index is 11.4. The Morgan fingerprint density at radius 3 is 2.60 bits per heavy atom. The van der Waals surface area contributed by atoms with Gasteiger partial charge in [0.1, 0.15) is 12.7 Å². The summed E-state index contributed by atoms with van der Waals surface area (Å²) in [4.78, 5) is 13.8. The summed E-state index contributed by atoms with van der Waals surface area (Å²) in [7, 11) is 1.53. The Balaban J connectivity index is 2.32. The number of methoxy groups -OCH3 is 1. The van der Waals surface area contributed by atoms with Crippen LogP contribution in [0, 0.1) is 0 Å². The largest absolute Gasteiger partial charge is 0.493 e. The Bertz CT molecular complexity index is 518. The third kappa shape index (κ3) is 7.86. The number of hydrogen-bond donors (Lipinski definition) is 2. The first-order chi connectivity index (χ1) is 12.0. The molecule has 1 aromatic carbocycles. The quantitative estimate of drug-likeness (QED) is 0.418.